The second kappa shape index (κ2) is 6.95. The molecule has 1 N–H and O–H groups in total. The molecule has 0 radical (unpaired) electrons. The Labute approximate surface area is 89.1 Å². The standard InChI is InChI=1S/C8H17O6P/c1-4-12-7(9)8(10)15(11,13-5-2)14-6-3/h8,10H,4-6H2,1-3H3/t8-/m1/s1. The van der Waals surface area contributed by atoms with Gasteiger partial charge in [0.1, 0.15) is 0 Å². The van der Waals surface area contributed by atoms with E-state index in [-0.39, 0.29) is 19.8 Å². The quantitative estimate of drug-likeness (QED) is 0.530. The first-order valence-electron chi connectivity index (χ1n) is 4.75. The van der Waals surface area contributed by atoms with Crippen molar-refractivity contribution in [3.63, 3.8) is 0 Å². The minimum Gasteiger partial charge on any atom is -0.464 e. The van der Waals surface area contributed by atoms with Gasteiger partial charge in [0.25, 0.3) is 5.85 Å². The minimum atomic E-state index is -3.82. The third-order valence-electron chi connectivity index (χ3n) is 1.42. The molecule has 0 aliphatic rings. The van der Waals surface area contributed by atoms with E-state index in [9.17, 15) is 14.5 Å². The molecule has 0 bridgehead atoms. The molecule has 0 rings (SSSR count). The Balaban J connectivity index is 4.60. The molecule has 0 spiro atoms. The molecule has 1 atom stereocenters. The zero-order chi connectivity index (χ0) is 11.9. The van der Waals surface area contributed by atoms with E-state index in [1.165, 1.54) is 0 Å². The highest BCUT2D eigenvalue weighted by Gasteiger charge is 2.40. The van der Waals surface area contributed by atoms with Crippen LogP contribution in [-0.4, -0.2) is 36.7 Å². The van der Waals surface area contributed by atoms with Gasteiger partial charge in [-0.1, -0.05) is 0 Å². The highest BCUT2D eigenvalue weighted by atomic mass is 31.2. The van der Waals surface area contributed by atoms with E-state index in [2.05, 4.69) is 4.74 Å². The van der Waals surface area contributed by atoms with Crippen molar-refractivity contribution in [3.8, 4) is 0 Å². The van der Waals surface area contributed by atoms with Crippen LogP contribution in [0.1, 0.15) is 20.8 Å². The van der Waals surface area contributed by atoms with E-state index in [1.54, 1.807) is 20.8 Å². The number of ether oxygens (including phenoxy) is 1. The van der Waals surface area contributed by atoms with Gasteiger partial charge in [0, 0.05) is 0 Å². The fourth-order valence-corrected chi connectivity index (χ4v) is 2.29. The molecule has 7 heteroatoms. The van der Waals surface area contributed by atoms with E-state index >= 15 is 0 Å². The van der Waals surface area contributed by atoms with E-state index in [0.29, 0.717) is 0 Å². The Bertz CT molecular complexity index is 231. The number of carbonyl (C=O) groups excluding carboxylic acids is 1. The molecule has 90 valence electrons. The molecule has 0 saturated carbocycles. The van der Waals surface area contributed by atoms with Crippen molar-refractivity contribution in [3.05, 3.63) is 0 Å². The van der Waals surface area contributed by atoms with Crippen LogP contribution in [-0.2, 0) is 23.1 Å². The second-order valence-electron chi connectivity index (χ2n) is 2.50. The van der Waals surface area contributed by atoms with E-state index in [4.69, 9.17) is 9.05 Å². The van der Waals surface area contributed by atoms with Gasteiger partial charge < -0.3 is 18.9 Å². The van der Waals surface area contributed by atoms with Gasteiger partial charge in [-0.15, -0.1) is 0 Å². The lowest BCUT2D eigenvalue weighted by molar-refractivity contribution is -0.149. The number of hydrogen-bond donors (Lipinski definition) is 1. The van der Waals surface area contributed by atoms with Crippen molar-refractivity contribution in [1.29, 1.82) is 0 Å². The Morgan fingerprint density at radius 1 is 1.20 bits per heavy atom. The van der Waals surface area contributed by atoms with Crippen LogP contribution in [0.5, 0.6) is 0 Å². The number of carbonyl (C=O) groups is 1. The molecule has 0 aromatic rings. The number of aliphatic hydroxyl groups excluding tert-OH is 1. The van der Waals surface area contributed by atoms with Gasteiger partial charge in [-0.05, 0) is 20.8 Å². The number of esters is 1. The fourth-order valence-electron chi connectivity index (χ4n) is 0.884. The molecule has 0 saturated heterocycles. The molecule has 0 unspecified atom stereocenters. The van der Waals surface area contributed by atoms with Crippen molar-refractivity contribution < 1.29 is 28.3 Å². The molecule has 15 heavy (non-hydrogen) atoms. The average molecular weight is 240 g/mol. The van der Waals surface area contributed by atoms with Crippen molar-refractivity contribution in [1.82, 2.24) is 0 Å². The molecule has 0 aromatic heterocycles. The van der Waals surface area contributed by atoms with Crippen LogP contribution in [0, 0.1) is 0 Å². The minimum absolute atomic E-state index is 0.0771. The molecule has 0 fully saturated rings. The lowest BCUT2D eigenvalue weighted by Crippen LogP contribution is -2.25. The van der Waals surface area contributed by atoms with Crippen molar-refractivity contribution in [2.75, 3.05) is 19.8 Å². The van der Waals surface area contributed by atoms with E-state index in [0.717, 1.165) is 0 Å². The van der Waals surface area contributed by atoms with Gasteiger partial charge in [-0.25, -0.2) is 4.79 Å². The molecule has 6 nitrogen and oxygen atoms in total. The Morgan fingerprint density at radius 2 is 1.67 bits per heavy atom. The van der Waals surface area contributed by atoms with Gasteiger partial charge >= 0.3 is 13.6 Å². The maximum absolute atomic E-state index is 11.8. The van der Waals surface area contributed by atoms with Gasteiger partial charge in [0.05, 0.1) is 19.8 Å². The summed E-state index contributed by atoms with van der Waals surface area (Å²) in [7, 11) is -3.82. The van der Waals surface area contributed by atoms with Crippen LogP contribution in [0.15, 0.2) is 0 Å². The van der Waals surface area contributed by atoms with Crippen LogP contribution < -0.4 is 0 Å². The normalized spacial score (nSPS) is 13.6. The fraction of sp³-hybridized carbons (Fsp3) is 0.875. The highest BCUT2D eigenvalue weighted by Crippen LogP contribution is 2.52. The summed E-state index contributed by atoms with van der Waals surface area (Å²) in [6.07, 6.45) is 0. The summed E-state index contributed by atoms with van der Waals surface area (Å²) < 4.78 is 25.9. The Kier molecular flexibility index (Phi) is 6.76. The third-order valence-corrected chi connectivity index (χ3v) is 3.46. The second-order valence-corrected chi connectivity index (χ2v) is 4.59. The molecule has 0 aliphatic heterocycles. The first-order chi connectivity index (χ1) is 7.01. The SMILES string of the molecule is CCOC(=O)[C@H](O)P(=O)(OCC)OCC. The summed E-state index contributed by atoms with van der Waals surface area (Å²) in [6, 6.07) is 0. The van der Waals surface area contributed by atoms with Gasteiger partial charge in [-0.2, -0.15) is 0 Å². The topological polar surface area (TPSA) is 82.1 Å². The Hall–Kier alpha value is -0.420. The smallest absolute Gasteiger partial charge is 0.370 e. The van der Waals surface area contributed by atoms with Crippen LogP contribution in [0.25, 0.3) is 0 Å². The predicted molar refractivity (Wildman–Crippen MR) is 53.5 cm³/mol. The largest absolute Gasteiger partial charge is 0.464 e. The van der Waals surface area contributed by atoms with Gasteiger partial charge in [-0.3, -0.25) is 4.57 Å². The van der Waals surface area contributed by atoms with Gasteiger partial charge in [0.15, 0.2) is 0 Å². The average Bonchev–Trinajstić information content (AvgIpc) is 2.17. The van der Waals surface area contributed by atoms with Crippen LogP contribution in [0.4, 0.5) is 0 Å². The van der Waals surface area contributed by atoms with Crippen molar-refractivity contribution >= 4 is 13.6 Å². The van der Waals surface area contributed by atoms with Crippen LogP contribution in [0.3, 0.4) is 0 Å². The maximum atomic E-state index is 11.8. The Morgan fingerprint density at radius 3 is 2.00 bits per heavy atom. The zero-order valence-electron chi connectivity index (χ0n) is 9.13. The summed E-state index contributed by atoms with van der Waals surface area (Å²) in [5.74, 6) is -2.87. The molecule has 0 heterocycles. The molecular formula is C8H17O6P. The first kappa shape index (κ1) is 14.6. The number of hydrogen-bond acceptors (Lipinski definition) is 6. The van der Waals surface area contributed by atoms with Crippen LogP contribution in [0.2, 0.25) is 0 Å². The monoisotopic (exact) mass is 240 g/mol. The molecule has 0 aromatic carbocycles. The van der Waals surface area contributed by atoms with Crippen molar-refractivity contribution in [2.45, 2.75) is 26.6 Å². The lowest BCUT2D eigenvalue weighted by Gasteiger charge is -2.20. The van der Waals surface area contributed by atoms with Crippen LogP contribution >= 0.6 is 7.60 Å². The summed E-state index contributed by atoms with van der Waals surface area (Å²) in [5.41, 5.74) is 0. The molecular weight excluding hydrogens is 223 g/mol. The summed E-state index contributed by atoms with van der Waals surface area (Å²) in [5, 5.41) is 9.44. The first-order valence-corrected chi connectivity index (χ1v) is 6.36. The predicted octanol–water partition coefficient (Wildman–Crippen LogP) is 1.13. The third kappa shape index (κ3) is 4.30. The maximum Gasteiger partial charge on any atom is 0.370 e. The highest BCUT2D eigenvalue weighted by molar-refractivity contribution is 7.55. The zero-order valence-corrected chi connectivity index (χ0v) is 10.0. The van der Waals surface area contributed by atoms with Crippen molar-refractivity contribution in [2.24, 2.45) is 0 Å². The summed E-state index contributed by atoms with van der Waals surface area (Å²) in [6.45, 7) is 5.00. The van der Waals surface area contributed by atoms with E-state index < -0.39 is 19.4 Å². The molecule has 0 amide bonds. The summed E-state index contributed by atoms with van der Waals surface area (Å²) >= 11 is 0. The van der Waals surface area contributed by atoms with Gasteiger partial charge in [0.2, 0.25) is 0 Å². The van der Waals surface area contributed by atoms with E-state index in [1.807, 2.05) is 0 Å². The number of rotatable bonds is 7. The molecule has 0 aliphatic carbocycles. The number of aliphatic hydroxyl groups is 1. The lowest BCUT2D eigenvalue weighted by atomic mass is 10.7. The summed E-state index contributed by atoms with van der Waals surface area (Å²) in [4.78, 5) is 11.1.